The molecule has 0 aromatic heterocycles. The molecule has 0 radical (unpaired) electrons. The van der Waals surface area contributed by atoms with Gasteiger partial charge in [-0.05, 0) is 35.4 Å². The summed E-state index contributed by atoms with van der Waals surface area (Å²) < 4.78 is 11.5. The van der Waals surface area contributed by atoms with Crippen LogP contribution in [0.2, 0.25) is 5.02 Å². The van der Waals surface area contributed by atoms with Crippen molar-refractivity contribution in [2.24, 2.45) is 0 Å². The number of halogens is 1. The second-order valence-electron chi connectivity index (χ2n) is 6.27. The maximum Gasteiger partial charge on any atom is 0.265 e. The van der Waals surface area contributed by atoms with Crippen LogP contribution in [0.1, 0.15) is 17.2 Å². The topological polar surface area (TPSA) is 47.6 Å². The highest BCUT2D eigenvalue weighted by molar-refractivity contribution is 6.30. The second kappa shape index (κ2) is 7.72. The number of para-hydroxylation sites is 2. The fourth-order valence-electron chi connectivity index (χ4n) is 3.04. The van der Waals surface area contributed by atoms with Crippen LogP contribution in [-0.2, 0) is 4.79 Å². The summed E-state index contributed by atoms with van der Waals surface area (Å²) in [6.07, 6.45) is -0.710. The summed E-state index contributed by atoms with van der Waals surface area (Å²) >= 11 is 6.01. The molecule has 4 rings (SSSR count). The maximum atomic E-state index is 12.9. The highest BCUT2D eigenvalue weighted by Crippen LogP contribution is 2.31. The van der Waals surface area contributed by atoms with E-state index in [0.29, 0.717) is 16.5 Å². The molecule has 0 saturated carbocycles. The molecule has 3 aromatic carbocycles. The maximum absolute atomic E-state index is 12.9. The van der Waals surface area contributed by atoms with Gasteiger partial charge in [-0.2, -0.15) is 0 Å². The van der Waals surface area contributed by atoms with E-state index in [2.05, 4.69) is 5.32 Å². The van der Waals surface area contributed by atoms with Crippen molar-refractivity contribution in [1.82, 2.24) is 5.32 Å². The Morgan fingerprint density at radius 2 is 1.52 bits per heavy atom. The van der Waals surface area contributed by atoms with Crippen molar-refractivity contribution < 1.29 is 14.3 Å². The number of hydrogen-bond acceptors (Lipinski definition) is 3. The third kappa shape index (κ3) is 3.91. The molecule has 1 amide bonds. The fourth-order valence-corrected chi connectivity index (χ4v) is 3.17. The van der Waals surface area contributed by atoms with Gasteiger partial charge < -0.3 is 14.8 Å². The fraction of sp³-hybridized carbons (Fsp3) is 0.136. The van der Waals surface area contributed by atoms with Crippen molar-refractivity contribution in [3.8, 4) is 11.5 Å². The van der Waals surface area contributed by atoms with E-state index in [1.807, 2.05) is 72.8 Å². The van der Waals surface area contributed by atoms with Crippen LogP contribution in [0.25, 0.3) is 0 Å². The summed E-state index contributed by atoms with van der Waals surface area (Å²) in [7, 11) is 0. The Hall–Kier alpha value is -2.98. The number of rotatable bonds is 4. The van der Waals surface area contributed by atoms with Gasteiger partial charge in [-0.15, -0.1) is 0 Å². The van der Waals surface area contributed by atoms with Gasteiger partial charge in [0.1, 0.15) is 6.61 Å². The Morgan fingerprint density at radius 1 is 0.889 bits per heavy atom. The van der Waals surface area contributed by atoms with Crippen LogP contribution in [0.5, 0.6) is 11.5 Å². The number of carbonyl (C=O) groups is 1. The van der Waals surface area contributed by atoms with Crippen molar-refractivity contribution in [1.29, 1.82) is 0 Å². The van der Waals surface area contributed by atoms with E-state index in [4.69, 9.17) is 21.1 Å². The lowest BCUT2D eigenvalue weighted by Crippen LogP contribution is -2.45. The molecule has 27 heavy (non-hydrogen) atoms. The van der Waals surface area contributed by atoms with Gasteiger partial charge >= 0.3 is 0 Å². The Kier molecular flexibility index (Phi) is 4.99. The molecular weight excluding hydrogens is 362 g/mol. The predicted molar refractivity (Wildman–Crippen MR) is 104 cm³/mol. The minimum absolute atomic E-state index is 0.172. The zero-order valence-electron chi connectivity index (χ0n) is 14.5. The number of amides is 1. The Balaban J connectivity index is 1.57. The van der Waals surface area contributed by atoms with Gasteiger partial charge in [0, 0.05) is 5.02 Å². The molecule has 2 atom stereocenters. The van der Waals surface area contributed by atoms with E-state index in [9.17, 15) is 4.79 Å². The van der Waals surface area contributed by atoms with Crippen LogP contribution in [0.3, 0.4) is 0 Å². The first-order chi connectivity index (χ1) is 13.2. The van der Waals surface area contributed by atoms with Gasteiger partial charge in [0.15, 0.2) is 11.5 Å². The number of nitrogens with one attached hydrogen (secondary N) is 1. The summed E-state index contributed by atoms with van der Waals surface area (Å²) in [6.45, 7) is 0.172. The van der Waals surface area contributed by atoms with Crippen LogP contribution < -0.4 is 14.8 Å². The van der Waals surface area contributed by atoms with Crippen LogP contribution in [0.15, 0.2) is 78.9 Å². The molecule has 5 heteroatoms. The molecule has 0 unspecified atom stereocenters. The van der Waals surface area contributed by atoms with E-state index >= 15 is 0 Å². The molecule has 3 aromatic rings. The summed E-state index contributed by atoms with van der Waals surface area (Å²) in [6, 6.07) is 24.3. The lowest BCUT2D eigenvalue weighted by atomic mass is 9.98. The van der Waals surface area contributed by atoms with Gasteiger partial charge in [-0.25, -0.2) is 0 Å². The van der Waals surface area contributed by atoms with Crippen LogP contribution >= 0.6 is 11.6 Å². The van der Waals surface area contributed by atoms with Gasteiger partial charge in [0.2, 0.25) is 6.10 Å². The minimum atomic E-state index is -0.710. The molecule has 0 aliphatic carbocycles. The summed E-state index contributed by atoms with van der Waals surface area (Å²) in [5.74, 6) is 0.999. The molecule has 1 heterocycles. The quantitative estimate of drug-likeness (QED) is 0.731. The van der Waals surface area contributed by atoms with Gasteiger partial charge in [0.05, 0.1) is 6.04 Å². The number of ether oxygens (including phenoxy) is 2. The molecule has 0 saturated heterocycles. The normalized spacial score (nSPS) is 16.4. The van der Waals surface area contributed by atoms with Crippen molar-refractivity contribution >= 4 is 17.5 Å². The van der Waals surface area contributed by atoms with Crippen LogP contribution in [-0.4, -0.2) is 18.6 Å². The van der Waals surface area contributed by atoms with Gasteiger partial charge in [-0.1, -0.05) is 66.2 Å². The largest absolute Gasteiger partial charge is 0.485 e. The minimum Gasteiger partial charge on any atom is -0.485 e. The summed E-state index contributed by atoms with van der Waals surface area (Å²) in [5, 5.41) is 3.73. The number of carbonyl (C=O) groups excluding carboxylic acids is 1. The van der Waals surface area contributed by atoms with E-state index in [1.54, 1.807) is 6.07 Å². The standard InChI is InChI=1S/C22H18ClNO3/c23-17-12-10-16(11-13-17)21(15-6-2-1-3-7-15)24-22(25)20-14-26-18-8-4-5-9-19(18)27-20/h1-13,20-21H,14H2,(H,24,25)/t20-,21-/m1/s1. The Morgan fingerprint density at radius 3 is 2.26 bits per heavy atom. The Labute approximate surface area is 162 Å². The molecule has 0 fully saturated rings. The zero-order chi connectivity index (χ0) is 18.6. The van der Waals surface area contributed by atoms with E-state index in [0.717, 1.165) is 11.1 Å². The summed E-state index contributed by atoms with van der Waals surface area (Å²) in [4.78, 5) is 12.9. The van der Waals surface area contributed by atoms with Crippen LogP contribution in [0, 0.1) is 0 Å². The highest BCUT2D eigenvalue weighted by Gasteiger charge is 2.29. The molecule has 136 valence electrons. The van der Waals surface area contributed by atoms with E-state index < -0.39 is 6.10 Å². The molecule has 1 aliphatic rings. The highest BCUT2D eigenvalue weighted by atomic mass is 35.5. The smallest absolute Gasteiger partial charge is 0.265 e. The lowest BCUT2D eigenvalue weighted by molar-refractivity contribution is -0.130. The number of benzene rings is 3. The van der Waals surface area contributed by atoms with Crippen LogP contribution in [0.4, 0.5) is 0 Å². The summed E-state index contributed by atoms with van der Waals surface area (Å²) in [5.41, 5.74) is 1.92. The molecule has 1 N–H and O–H groups in total. The molecule has 4 nitrogen and oxygen atoms in total. The second-order valence-corrected chi connectivity index (χ2v) is 6.70. The molecular formula is C22H18ClNO3. The zero-order valence-corrected chi connectivity index (χ0v) is 15.2. The van der Waals surface area contributed by atoms with Gasteiger partial charge in [0.25, 0.3) is 5.91 Å². The van der Waals surface area contributed by atoms with Crippen molar-refractivity contribution in [2.45, 2.75) is 12.1 Å². The van der Waals surface area contributed by atoms with Crippen molar-refractivity contribution in [3.05, 3.63) is 95.0 Å². The average molecular weight is 380 g/mol. The molecule has 0 spiro atoms. The number of hydrogen-bond donors (Lipinski definition) is 1. The average Bonchev–Trinajstić information content (AvgIpc) is 2.73. The van der Waals surface area contributed by atoms with Gasteiger partial charge in [-0.3, -0.25) is 4.79 Å². The third-order valence-corrected chi connectivity index (χ3v) is 4.68. The SMILES string of the molecule is O=C(N[C@H](c1ccccc1)c1ccc(Cl)cc1)[C@H]1COc2ccccc2O1. The number of fused-ring (bicyclic) bond motifs is 1. The van der Waals surface area contributed by atoms with E-state index in [1.165, 1.54) is 0 Å². The molecule has 0 bridgehead atoms. The third-order valence-electron chi connectivity index (χ3n) is 4.42. The first kappa shape index (κ1) is 17.4. The van der Waals surface area contributed by atoms with Crippen molar-refractivity contribution in [3.63, 3.8) is 0 Å². The van der Waals surface area contributed by atoms with E-state index in [-0.39, 0.29) is 18.6 Å². The van der Waals surface area contributed by atoms with Crippen molar-refractivity contribution in [2.75, 3.05) is 6.61 Å². The Bertz CT molecular complexity index is 928. The first-order valence-corrected chi connectivity index (χ1v) is 9.08. The first-order valence-electron chi connectivity index (χ1n) is 8.70. The predicted octanol–water partition coefficient (Wildman–Crippen LogP) is 4.39. The molecule has 1 aliphatic heterocycles. The lowest BCUT2D eigenvalue weighted by Gasteiger charge is -2.28. The monoisotopic (exact) mass is 379 g/mol.